The van der Waals surface area contributed by atoms with E-state index in [1.807, 2.05) is 0 Å². The summed E-state index contributed by atoms with van der Waals surface area (Å²) in [5.41, 5.74) is -0.481. The molecule has 0 aliphatic carbocycles. The summed E-state index contributed by atoms with van der Waals surface area (Å²) in [7, 11) is 0. The van der Waals surface area contributed by atoms with Gasteiger partial charge in [0.15, 0.2) is 5.82 Å². The Hall–Kier alpha value is -2.88. The summed E-state index contributed by atoms with van der Waals surface area (Å²) in [5.74, 6) is -1.85. The van der Waals surface area contributed by atoms with Crippen LogP contribution in [-0.4, -0.2) is 26.7 Å². The second kappa shape index (κ2) is 7.16. The Morgan fingerprint density at radius 2 is 1.92 bits per heavy atom. The van der Waals surface area contributed by atoms with E-state index in [2.05, 4.69) is 15.2 Å². The summed E-state index contributed by atoms with van der Waals surface area (Å²) in [5, 5.41) is 5.78. The summed E-state index contributed by atoms with van der Waals surface area (Å²) in [6.07, 6.45) is -1.28. The van der Waals surface area contributed by atoms with Crippen LogP contribution in [0.15, 0.2) is 57.3 Å². The van der Waals surface area contributed by atoms with Crippen LogP contribution < -0.4 is 0 Å². The van der Waals surface area contributed by atoms with Gasteiger partial charge in [0.1, 0.15) is 12.6 Å². The van der Waals surface area contributed by atoms with Crippen LogP contribution in [0.4, 0.5) is 13.2 Å². The highest BCUT2D eigenvalue weighted by atomic mass is 32.2. The Morgan fingerprint density at radius 3 is 2.62 bits per heavy atom. The number of hydrogen-bond donors (Lipinski definition) is 1. The first kappa shape index (κ1) is 17.9. The minimum atomic E-state index is -4.51. The van der Waals surface area contributed by atoms with Gasteiger partial charge in [0.2, 0.25) is 5.78 Å². The third kappa shape index (κ3) is 3.85. The Morgan fingerprint density at radius 1 is 1.15 bits per heavy atom. The van der Waals surface area contributed by atoms with Crippen LogP contribution in [0.3, 0.4) is 0 Å². The maximum atomic E-state index is 13.1. The van der Waals surface area contributed by atoms with Gasteiger partial charge in [0.05, 0.1) is 16.7 Å². The van der Waals surface area contributed by atoms with Crippen LogP contribution in [0.25, 0.3) is 0 Å². The van der Waals surface area contributed by atoms with Gasteiger partial charge < -0.3 is 4.42 Å². The van der Waals surface area contributed by atoms with Crippen LogP contribution in [-0.2, 0) is 17.4 Å². The molecule has 26 heavy (non-hydrogen) atoms. The van der Waals surface area contributed by atoms with Gasteiger partial charge in [-0.15, -0.1) is 0 Å². The summed E-state index contributed by atoms with van der Waals surface area (Å²) in [6, 6.07) is 5.07. The molecule has 0 saturated carbocycles. The van der Waals surface area contributed by atoms with E-state index in [4.69, 9.17) is 4.42 Å². The molecular weight excluding hydrogens is 371 g/mol. The molecular formula is C16H10F3N3O3S. The van der Waals surface area contributed by atoms with E-state index >= 15 is 0 Å². The predicted octanol–water partition coefficient (Wildman–Crippen LogP) is 3.56. The van der Waals surface area contributed by atoms with Gasteiger partial charge in [0.25, 0.3) is 5.78 Å². The smallest absolute Gasteiger partial charge is 0.417 e. The van der Waals surface area contributed by atoms with Crippen LogP contribution in [0.1, 0.15) is 21.7 Å². The zero-order chi connectivity index (χ0) is 18.7. The average molecular weight is 381 g/mol. The van der Waals surface area contributed by atoms with Crippen molar-refractivity contribution in [2.75, 3.05) is 0 Å². The number of alkyl halides is 3. The predicted molar refractivity (Wildman–Crippen MR) is 83.7 cm³/mol. The highest BCUT2D eigenvalue weighted by molar-refractivity contribution is 7.99. The SMILES string of the molecule is O=C(Cc1cocc1Sc1ccccc1C(F)(F)F)C(=O)c1ncn[nH]1. The molecule has 0 fully saturated rings. The summed E-state index contributed by atoms with van der Waals surface area (Å²) in [6.45, 7) is 0. The highest BCUT2D eigenvalue weighted by Crippen LogP contribution is 2.40. The van der Waals surface area contributed by atoms with Crippen molar-refractivity contribution >= 4 is 23.3 Å². The molecule has 6 nitrogen and oxygen atoms in total. The van der Waals surface area contributed by atoms with Crippen molar-refractivity contribution in [3.63, 3.8) is 0 Å². The van der Waals surface area contributed by atoms with E-state index in [9.17, 15) is 22.8 Å². The molecule has 10 heteroatoms. The quantitative estimate of drug-likeness (QED) is 0.519. The molecule has 0 aliphatic heterocycles. The van der Waals surface area contributed by atoms with Gasteiger partial charge in [-0.05, 0) is 12.1 Å². The van der Waals surface area contributed by atoms with Crippen LogP contribution >= 0.6 is 11.8 Å². The molecule has 0 spiro atoms. The monoisotopic (exact) mass is 381 g/mol. The number of aromatic nitrogens is 3. The Kier molecular flexibility index (Phi) is 4.94. The first-order valence-electron chi connectivity index (χ1n) is 7.18. The number of nitrogens with one attached hydrogen (secondary N) is 1. The van der Waals surface area contributed by atoms with Crippen LogP contribution in [0, 0.1) is 0 Å². The number of furan rings is 1. The molecule has 1 aromatic carbocycles. The minimum Gasteiger partial charge on any atom is -0.471 e. The lowest BCUT2D eigenvalue weighted by Gasteiger charge is -2.11. The second-order valence-electron chi connectivity index (χ2n) is 5.12. The number of halogens is 3. The number of Topliss-reactive ketones (excluding diaryl/α,β-unsaturated/α-hetero) is 2. The number of ketones is 2. The molecule has 1 N–H and O–H groups in total. The first-order chi connectivity index (χ1) is 12.4. The third-order valence-electron chi connectivity index (χ3n) is 3.35. The third-order valence-corrected chi connectivity index (χ3v) is 4.50. The van der Waals surface area contributed by atoms with Crippen molar-refractivity contribution in [2.24, 2.45) is 0 Å². The van der Waals surface area contributed by atoms with Crippen LogP contribution in [0.2, 0.25) is 0 Å². The summed E-state index contributed by atoms with van der Waals surface area (Å²) in [4.78, 5) is 27.9. The summed E-state index contributed by atoms with van der Waals surface area (Å²) >= 11 is 0.813. The number of carbonyl (C=O) groups is 2. The van der Waals surface area contributed by atoms with Gasteiger partial charge in [-0.3, -0.25) is 14.7 Å². The van der Waals surface area contributed by atoms with E-state index in [0.29, 0.717) is 10.5 Å². The zero-order valence-electron chi connectivity index (χ0n) is 12.9. The Labute approximate surface area is 148 Å². The fraction of sp³-hybridized carbons (Fsp3) is 0.125. The molecule has 3 rings (SSSR count). The molecule has 0 unspecified atom stereocenters. The maximum absolute atomic E-state index is 13.1. The molecule has 2 aromatic heterocycles. The fourth-order valence-electron chi connectivity index (χ4n) is 2.14. The number of aromatic amines is 1. The maximum Gasteiger partial charge on any atom is 0.417 e. The lowest BCUT2D eigenvalue weighted by molar-refractivity contribution is -0.139. The molecule has 2 heterocycles. The van der Waals surface area contributed by atoms with Gasteiger partial charge in [-0.25, -0.2) is 4.98 Å². The van der Waals surface area contributed by atoms with E-state index in [0.717, 1.165) is 24.2 Å². The molecule has 0 aliphatic rings. The van der Waals surface area contributed by atoms with E-state index in [-0.39, 0.29) is 17.1 Å². The molecule has 0 bridgehead atoms. The number of hydrogen-bond acceptors (Lipinski definition) is 6. The Bertz CT molecular complexity index is 936. The molecule has 0 radical (unpaired) electrons. The lowest BCUT2D eigenvalue weighted by atomic mass is 10.1. The van der Waals surface area contributed by atoms with Crippen LogP contribution in [0.5, 0.6) is 0 Å². The Balaban J connectivity index is 1.80. The highest BCUT2D eigenvalue weighted by Gasteiger charge is 2.33. The molecule has 134 valence electrons. The average Bonchev–Trinajstić information content (AvgIpc) is 3.26. The molecule has 0 saturated heterocycles. The molecule has 3 aromatic rings. The topological polar surface area (TPSA) is 88.8 Å². The lowest BCUT2D eigenvalue weighted by Crippen LogP contribution is -2.18. The first-order valence-corrected chi connectivity index (χ1v) is 8.00. The van der Waals surface area contributed by atoms with Crippen molar-refractivity contribution in [1.82, 2.24) is 15.2 Å². The van der Waals surface area contributed by atoms with Crippen molar-refractivity contribution in [3.8, 4) is 0 Å². The molecule has 0 amide bonds. The van der Waals surface area contributed by atoms with Gasteiger partial charge >= 0.3 is 6.18 Å². The zero-order valence-corrected chi connectivity index (χ0v) is 13.7. The number of rotatable bonds is 6. The summed E-state index contributed by atoms with van der Waals surface area (Å²) < 4.78 is 44.3. The van der Waals surface area contributed by atoms with Crippen molar-refractivity contribution in [3.05, 3.63) is 60.1 Å². The standard InChI is InChI=1S/C16H10F3N3O3S/c17-16(18,19)10-3-1-2-4-12(10)26-13-7-25-6-9(13)5-11(23)14(24)15-20-8-21-22-15/h1-4,6-8H,5H2,(H,20,21,22). The minimum absolute atomic E-state index is 0.0309. The second-order valence-corrected chi connectivity index (χ2v) is 6.20. The van der Waals surface area contributed by atoms with Crippen molar-refractivity contribution in [2.45, 2.75) is 22.4 Å². The fourth-order valence-corrected chi connectivity index (χ4v) is 3.17. The van der Waals surface area contributed by atoms with Crippen molar-refractivity contribution < 1.29 is 27.2 Å². The van der Waals surface area contributed by atoms with Gasteiger partial charge in [-0.2, -0.15) is 18.3 Å². The van der Waals surface area contributed by atoms with Gasteiger partial charge in [0, 0.05) is 16.9 Å². The number of carbonyl (C=O) groups excluding carboxylic acids is 2. The normalized spacial score (nSPS) is 11.5. The van der Waals surface area contributed by atoms with E-state index in [1.54, 1.807) is 0 Å². The van der Waals surface area contributed by atoms with E-state index < -0.39 is 23.3 Å². The number of benzene rings is 1. The number of nitrogens with zero attached hydrogens (tertiary/aromatic N) is 2. The van der Waals surface area contributed by atoms with E-state index in [1.165, 1.54) is 30.7 Å². The van der Waals surface area contributed by atoms with Gasteiger partial charge in [-0.1, -0.05) is 23.9 Å². The number of H-pyrrole nitrogens is 1. The van der Waals surface area contributed by atoms with Crippen molar-refractivity contribution in [1.29, 1.82) is 0 Å². The molecule has 0 atom stereocenters. The largest absolute Gasteiger partial charge is 0.471 e.